The quantitative estimate of drug-likeness (QED) is 0.822. The van der Waals surface area contributed by atoms with Gasteiger partial charge < -0.3 is 15.1 Å². The van der Waals surface area contributed by atoms with Crippen molar-refractivity contribution in [1.82, 2.24) is 9.88 Å². The molecule has 1 N–H and O–H groups in total. The van der Waals surface area contributed by atoms with E-state index in [2.05, 4.69) is 34.3 Å². The number of amides is 1. The molecule has 0 saturated carbocycles. The van der Waals surface area contributed by atoms with E-state index in [1.807, 2.05) is 35.2 Å². The summed E-state index contributed by atoms with van der Waals surface area (Å²) in [7, 11) is 0. The molecular weight excluding hydrogens is 312 g/mol. The summed E-state index contributed by atoms with van der Waals surface area (Å²) in [6.07, 6.45) is 4.04. The average Bonchev–Trinajstić information content (AvgIpc) is 2.69. The lowest BCUT2D eigenvalue weighted by atomic mass is 10.2. The van der Waals surface area contributed by atoms with Gasteiger partial charge in [-0.3, -0.25) is 4.79 Å². The topological polar surface area (TPSA) is 48.5 Å². The van der Waals surface area contributed by atoms with E-state index in [4.69, 9.17) is 0 Å². The SMILES string of the molecule is CCCCNc1ccc(C(=O)N2CCN(c3ccccc3)CC2)nc1. The smallest absolute Gasteiger partial charge is 0.272 e. The molecule has 25 heavy (non-hydrogen) atoms. The number of hydrogen-bond acceptors (Lipinski definition) is 4. The van der Waals surface area contributed by atoms with Crippen molar-refractivity contribution in [3.8, 4) is 0 Å². The summed E-state index contributed by atoms with van der Waals surface area (Å²) in [5.41, 5.74) is 2.71. The minimum Gasteiger partial charge on any atom is -0.384 e. The zero-order valence-corrected chi connectivity index (χ0v) is 14.8. The van der Waals surface area contributed by atoms with Crippen LogP contribution in [0.1, 0.15) is 30.3 Å². The standard InChI is InChI=1S/C20H26N4O/c1-2-3-11-21-17-9-10-19(22-16-17)20(25)24-14-12-23(13-15-24)18-7-5-4-6-8-18/h4-10,16,21H,2-3,11-15H2,1H3. The Balaban J connectivity index is 1.53. The maximum absolute atomic E-state index is 12.6. The van der Waals surface area contributed by atoms with Gasteiger partial charge in [0.1, 0.15) is 5.69 Å². The predicted octanol–water partition coefficient (Wildman–Crippen LogP) is 3.26. The molecule has 2 aromatic rings. The normalized spacial score (nSPS) is 14.4. The number of piperazine rings is 1. The van der Waals surface area contributed by atoms with Crippen LogP contribution in [0.4, 0.5) is 11.4 Å². The van der Waals surface area contributed by atoms with Crippen molar-refractivity contribution in [2.75, 3.05) is 42.9 Å². The van der Waals surface area contributed by atoms with Crippen molar-refractivity contribution < 1.29 is 4.79 Å². The van der Waals surface area contributed by atoms with Gasteiger partial charge in [-0.2, -0.15) is 0 Å². The zero-order valence-electron chi connectivity index (χ0n) is 14.8. The second-order valence-corrected chi connectivity index (χ2v) is 6.33. The number of nitrogens with one attached hydrogen (secondary N) is 1. The Morgan fingerprint density at radius 3 is 2.48 bits per heavy atom. The van der Waals surface area contributed by atoms with Crippen LogP contribution in [0, 0.1) is 0 Å². The lowest BCUT2D eigenvalue weighted by Gasteiger charge is -2.36. The Morgan fingerprint density at radius 2 is 1.84 bits per heavy atom. The van der Waals surface area contributed by atoms with E-state index in [9.17, 15) is 4.79 Å². The molecule has 0 aliphatic carbocycles. The van der Waals surface area contributed by atoms with Crippen LogP contribution in [0.5, 0.6) is 0 Å². The van der Waals surface area contributed by atoms with Gasteiger partial charge in [-0.15, -0.1) is 0 Å². The molecular formula is C20H26N4O. The Hall–Kier alpha value is -2.56. The van der Waals surface area contributed by atoms with E-state index < -0.39 is 0 Å². The number of carbonyl (C=O) groups excluding carboxylic acids is 1. The first-order valence-corrected chi connectivity index (χ1v) is 9.07. The van der Waals surface area contributed by atoms with E-state index in [0.29, 0.717) is 5.69 Å². The number of unbranched alkanes of at least 4 members (excludes halogenated alkanes) is 1. The van der Waals surface area contributed by atoms with Gasteiger partial charge in [0.25, 0.3) is 5.91 Å². The molecule has 0 atom stereocenters. The van der Waals surface area contributed by atoms with Gasteiger partial charge in [-0.25, -0.2) is 4.98 Å². The Bertz CT molecular complexity index is 664. The van der Waals surface area contributed by atoms with Crippen molar-refractivity contribution in [2.24, 2.45) is 0 Å². The van der Waals surface area contributed by atoms with Gasteiger partial charge in [-0.1, -0.05) is 31.5 Å². The lowest BCUT2D eigenvalue weighted by Crippen LogP contribution is -2.49. The number of pyridine rings is 1. The Labute approximate surface area is 149 Å². The summed E-state index contributed by atoms with van der Waals surface area (Å²) in [6.45, 7) is 6.27. The number of hydrogen-bond donors (Lipinski definition) is 1. The van der Waals surface area contributed by atoms with Gasteiger partial charge in [-0.05, 0) is 30.7 Å². The van der Waals surface area contributed by atoms with Crippen molar-refractivity contribution in [2.45, 2.75) is 19.8 Å². The molecule has 132 valence electrons. The number of aromatic nitrogens is 1. The fourth-order valence-corrected chi connectivity index (χ4v) is 3.00. The third kappa shape index (κ3) is 4.50. The van der Waals surface area contributed by atoms with Gasteiger partial charge in [0.2, 0.25) is 0 Å². The highest BCUT2D eigenvalue weighted by molar-refractivity contribution is 5.92. The first-order valence-electron chi connectivity index (χ1n) is 9.07. The molecule has 0 spiro atoms. The van der Waals surface area contributed by atoms with Crippen molar-refractivity contribution in [3.63, 3.8) is 0 Å². The van der Waals surface area contributed by atoms with Gasteiger partial charge in [0.05, 0.1) is 11.9 Å². The van der Waals surface area contributed by atoms with E-state index in [1.54, 1.807) is 6.20 Å². The fraction of sp³-hybridized carbons (Fsp3) is 0.400. The molecule has 1 aliphatic heterocycles. The molecule has 0 radical (unpaired) electrons. The summed E-state index contributed by atoms with van der Waals surface area (Å²) in [5, 5.41) is 3.32. The number of carbonyl (C=O) groups is 1. The lowest BCUT2D eigenvalue weighted by molar-refractivity contribution is 0.0741. The van der Waals surface area contributed by atoms with Crippen LogP contribution in [0.3, 0.4) is 0 Å². The molecule has 5 heteroatoms. The Morgan fingerprint density at radius 1 is 1.08 bits per heavy atom. The summed E-state index contributed by atoms with van der Waals surface area (Å²) in [6, 6.07) is 14.1. The molecule has 1 aromatic carbocycles. The average molecular weight is 338 g/mol. The number of benzene rings is 1. The predicted molar refractivity (Wildman–Crippen MR) is 102 cm³/mol. The molecule has 0 bridgehead atoms. The van der Waals surface area contributed by atoms with Gasteiger partial charge >= 0.3 is 0 Å². The van der Waals surface area contributed by atoms with Gasteiger partial charge in [0.15, 0.2) is 0 Å². The highest BCUT2D eigenvalue weighted by Gasteiger charge is 2.22. The summed E-state index contributed by atoms with van der Waals surface area (Å²) < 4.78 is 0. The van der Waals surface area contributed by atoms with E-state index in [0.717, 1.165) is 51.3 Å². The van der Waals surface area contributed by atoms with Crippen LogP contribution >= 0.6 is 0 Å². The van der Waals surface area contributed by atoms with Gasteiger partial charge in [0, 0.05) is 38.4 Å². The molecule has 1 aromatic heterocycles. The highest BCUT2D eigenvalue weighted by atomic mass is 16.2. The van der Waals surface area contributed by atoms with Crippen LogP contribution < -0.4 is 10.2 Å². The summed E-state index contributed by atoms with van der Waals surface area (Å²) >= 11 is 0. The third-order valence-corrected chi connectivity index (χ3v) is 4.53. The number of nitrogens with zero attached hydrogens (tertiary/aromatic N) is 3. The largest absolute Gasteiger partial charge is 0.384 e. The van der Waals surface area contributed by atoms with Crippen LogP contribution in [0.2, 0.25) is 0 Å². The maximum atomic E-state index is 12.6. The number of para-hydroxylation sites is 1. The van der Waals surface area contributed by atoms with Crippen LogP contribution in [-0.4, -0.2) is 48.5 Å². The fourth-order valence-electron chi connectivity index (χ4n) is 3.00. The minimum absolute atomic E-state index is 0.0211. The molecule has 1 saturated heterocycles. The van der Waals surface area contributed by atoms with Crippen LogP contribution in [0.15, 0.2) is 48.7 Å². The molecule has 1 aliphatic rings. The molecule has 0 unspecified atom stereocenters. The maximum Gasteiger partial charge on any atom is 0.272 e. The van der Waals surface area contributed by atoms with Crippen molar-refractivity contribution in [3.05, 3.63) is 54.4 Å². The number of anilines is 2. The third-order valence-electron chi connectivity index (χ3n) is 4.53. The van der Waals surface area contributed by atoms with E-state index >= 15 is 0 Å². The molecule has 3 rings (SSSR count). The first kappa shape index (κ1) is 17.3. The monoisotopic (exact) mass is 338 g/mol. The molecule has 1 amide bonds. The van der Waals surface area contributed by atoms with Crippen molar-refractivity contribution in [1.29, 1.82) is 0 Å². The molecule has 2 heterocycles. The zero-order chi connectivity index (χ0) is 17.5. The highest BCUT2D eigenvalue weighted by Crippen LogP contribution is 2.17. The summed E-state index contributed by atoms with van der Waals surface area (Å²) in [4.78, 5) is 21.2. The first-order chi connectivity index (χ1) is 12.3. The molecule has 1 fully saturated rings. The second-order valence-electron chi connectivity index (χ2n) is 6.33. The number of rotatable bonds is 6. The van der Waals surface area contributed by atoms with E-state index in [1.165, 1.54) is 5.69 Å². The Kier molecular flexibility index (Phi) is 5.88. The summed E-state index contributed by atoms with van der Waals surface area (Å²) in [5.74, 6) is 0.0211. The van der Waals surface area contributed by atoms with Crippen LogP contribution in [0.25, 0.3) is 0 Å². The van der Waals surface area contributed by atoms with E-state index in [-0.39, 0.29) is 5.91 Å². The van der Waals surface area contributed by atoms with Crippen molar-refractivity contribution >= 4 is 17.3 Å². The minimum atomic E-state index is 0.0211. The molecule has 5 nitrogen and oxygen atoms in total. The second kappa shape index (κ2) is 8.51. The van der Waals surface area contributed by atoms with Crippen LogP contribution in [-0.2, 0) is 0 Å².